The fourth-order valence-corrected chi connectivity index (χ4v) is 2.54. The van der Waals surface area contributed by atoms with Crippen LogP contribution in [0.3, 0.4) is 0 Å². The van der Waals surface area contributed by atoms with E-state index in [0.717, 1.165) is 38.6 Å². The maximum Gasteiger partial charge on any atom is 0.0971 e. The normalized spacial score (nSPS) is 27.0. The first kappa shape index (κ1) is 15.9. The first-order valence-corrected chi connectivity index (χ1v) is 7.05. The summed E-state index contributed by atoms with van der Waals surface area (Å²) < 4.78 is 10.9. The second kappa shape index (κ2) is 8.10. The Morgan fingerprint density at radius 3 is 2.06 bits per heavy atom. The molecule has 0 aromatic rings. The zero-order valence-corrected chi connectivity index (χ0v) is 12.6. The molecule has 4 nitrogen and oxygen atoms in total. The van der Waals surface area contributed by atoms with Crippen LogP contribution in [0.5, 0.6) is 0 Å². The average molecular weight is 258 g/mol. The minimum atomic E-state index is 0.228. The number of likely N-dealkylation sites (tertiary alicyclic amines) is 1. The molecule has 4 heteroatoms. The Morgan fingerprint density at radius 1 is 1.06 bits per heavy atom. The zero-order valence-electron chi connectivity index (χ0n) is 12.6. The largest absolute Gasteiger partial charge is 0.377 e. The highest BCUT2D eigenvalue weighted by Crippen LogP contribution is 2.16. The lowest BCUT2D eigenvalue weighted by Gasteiger charge is -2.21. The van der Waals surface area contributed by atoms with Gasteiger partial charge in [-0.2, -0.15) is 0 Å². The molecule has 1 aliphatic heterocycles. The van der Waals surface area contributed by atoms with Crippen LogP contribution >= 0.6 is 0 Å². The monoisotopic (exact) mass is 258 g/mol. The molecule has 18 heavy (non-hydrogen) atoms. The zero-order chi connectivity index (χ0) is 13.5. The van der Waals surface area contributed by atoms with Gasteiger partial charge in [-0.3, -0.25) is 4.90 Å². The quantitative estimate of drug-likeness (QED) is 0.710. The van der Waals surface area contributed by atoms with Crippen LogP contribution < -0.4 is 5.32 Å². The van der Waals surface area contributed by atoms with E-state index in [2.05, 4.69) is 31.0 Å². The molecule has 0 aromatic carbocycles. The number of methoxy groups -OCH3 is 2. The molecular weight excluding hydrogens is 228 g/mol. The Balaban J connectivity index is 2.22. The molecule has 0 aromatic heterocycles. The van der Waals surface area contributed by atoms with E-state index in [9.17, 15) is 0 Å². The molecular formula is C14H30N2O2. The molecule has 0 saturated carbocycles. The van der Waals surface area contributed by atoms with Crippen molar-refractivity contribution in [3.63, 3.8) is 0 Å². The van der Waals surface area contributed by atoms with Gasteiger partial charge in [-0.1, -0.05) is 20.8 Å². The molecule has 108 valence electrons. The molecule has 3 atom stereocenters. The van der Waals surface area contributed by atoms with Gasteiger partial charge in [0.1, 0.15) is 0 Å². The predicted molar refractivity (Wildman–Crippen MR) is 74.9 cm³/mol. The SMILES string of the molecule is COC1CN(CC(C)CNCC(C)C)CC1OC. The van der Waals surface area contributed by atoms with Crippen molar-refractivity contribution in [2.75, 3.05) is 46.9 Å². The molecule has 0 spiro atoms. The van der Waals surface area contributed by atoms with Gasteiger partial charge in [-0.25, -0.2) is 0 Å². The summed E-state index contributed by atoms with van der Waals surface area (Å²) in [6.07, 6.45) is 0.455. The van der Waals surface area contributed by atoms with E-state index in [1.807, 2.05) is 0 Å². The van der Waals surface area contributed by atoms with E-state index in [0.29, 0.717) is 5.92 Å². The van der Waals surface area contributed by atoms with Crippen molar-refractivity contribution in [3.05, 3.63) is 0 Å². The third-order valence-electron chi connectivity index (χ3n) is 3.51. The highest BCUT2D eigenvalue weighted by atomic mass is 16.5. The summed E-state index contributed by atoms with van der Waals surface area (Å²) in [6, 6.07) is 0. The minimum Gasteiger partial charge on any atom is -0.377 e. The van der Waals surface area contributed by atoms with E-state index in [1.54, 1.807) is 14.2 Å². The van der Waals surface area contributed by atoms with Gasteiger partial charge in [0.05, 0.1) is 12.2 Å². The van der Waals surface area contributed by atoms with Gasteiger partial charge in [0.2, 0.25) is 0 Å². The van der Waals surface area contributed by atoms with E-state index in [1.165, 1.54) is 0 Å². The van der Waals surface area contributed by atoms with Crippen molar-refractivity contribution >= 4 is 0 Å². The first-order chi connectivity index (χ1) is 8.56. The molecule has 3 unspecified atom stereocenters. The van der Waals surface area contributed by atoms with Crippen LogP contribution in [0, 0.1) is 11.8 Å². The van der Waals surface area contributed by atoms with Crippen LogP contribution in [0.2, 0.25) is 0 Å². The van der Waals surface area contributed by atoms with Crippen molar-refractivity contribution in [1.82, 2.24) is 10.2 Å². The lowest BCUT2D eigenvalue weighted by molar-refractivity contribution is -0.00461. The van der Waals surface area contributed by atoms with Crippen molar-refractivity contribution in [2.24, 2.45) is 11.8 Å². The Kier molecular flexibility index (Phi) is 7.15. The molecule has 1 saturated heterocycles. The standard InChI is InChI=1S/C14H30N2O2/c1-11(2)6-15-7-12(3)8-16-9-13(17-4)14(10-16)18-5/h11-15H,6-10H2,1-5H3. The molecule has 1 N–H and O–H groups in total. The van der Waals surface area contributed by atoms with Crippen molar-refractivity contribution < 1.29 is 9.47 Å². The Bertz CT molecular complexity index is 212. The van der Waals surface area contributed by atoms with Gasteiger partial charge in [0.15, 0.2) is 0 Å². The summed E-state index contributed by atoms with van der Waals surface area (Å²) in [5, 5.41) is 3.52. The third kappa shape index (κ3) is 5.22. The topological polar surface area (TPSA) is 33.7 Å². The van der Waals surface area contributed by atoms with E-state index in [-0.39, 0.29) is 12.2 Å². The Hall–Kier alpha value is -0.160. The minimum absolute atomic E-state index is 0.228. The van der Waals surface area contributed by atoms with Crippen LogP contribution in [0.4, 0.5) is 0 Å². The fraction of sp³-hybridized carbons (Fsp3) is 1.00. The van der Waals surface area contributed by atoms with Gasteiger partial charge < -0.3 is 14.8 Å². The van der Waals surface area contributed by atoms with Crippen molar-refractivity contribution in [3.8, 4) is 0 Å². The third-order valence-corrected chi connectivity index (χ3v) is 3.51. The van der Waals surface area contributed by atoms with Crippen LogP contribution in [-0.2, 0) is 9.47 Å². The molecule has 0 aliphatic carbocycles. The van der Waals surface area contributed by atoms with Crippen molar-refractivity contribution in [2.45, 2.75) is 33.0 Å². The number of nitrogens with zero attached hydrogens (tertiary/aromatic N) is 1. The number of nitrogens with one attached hydrogen (secondary N) is 1. The van der Waals surface area contributed by atoms with Gasteiger partial charge in [0, 0.05) is 33.9 Å². The first-order valence-electron chi connectivity index (χ1n) is 7.05. The highest BCUT2D eigenvalue weighted by molar-refractivity contribution is 4.86. The number of ether oxygens (including phenoxy) is 2. The summed E-state index contributed by atoms with van der Waals surface area (Å²) in [5.74, 6) is 1.39. The van der Waals surface area contributed by atoms with E-state index in [4.69, 9.17) is 9.47 Å². The summed E-state index contributed by atoms with van der Waals surface area (Å²) in [5.41, 5.74) is 0. The molecule has 0 bridgehead atoms. The Labute approximate surface area is 112 Å². The Morgan fingerprint density at radius 2 is 1.61 bits per heavy atom. The predicted octanol–water partition coefficient (Wildman–Crippen LogP) is 1.21. The average Bonchev–Trinajstić information content (AvgIpc) is 2.70. The second-order valence-electron chi connectivity index (χ2n) is 5.92. The number of hydrogen-bond donors (Lipinski definition) is 1. The van der Waals surface area contributed by atoms with Gasteiger partial charge in [-0.05, 0) is 24.9 Å². The highest BCUT2D eigenvalue weighted by Gasteiger charge is 2.33. The van der Waals surface area contributed by atoms with Crippen molar-refractivity contribution in [1.29, 1.82) is 0 Å². The maximum absolute atomic E-state index is 5.46. The molecule has 0 amide bonds. The lowest BCUT2D eigenvalue weighted by atomic mass is 10.1. The summed E-state index contributed by atoms with van der Waals surface area (Å²) >= 11 is 0. The van der Waals surface area contributed by atoms with Crippen LogP contribution in [0.1, 0.15) is 20.8 Å². The summed E-state index contributed by atoms with van der Waals surface area (Å²) in [4.78, 5) is 2.45. The molecule has 1 rings (SSSR count). The molecule has 1 heterocycles. The number of hydrogen-bond acceptors (Lipinski definition) is 4. The van der Waals surface area contributed by atoms with Crippen LogP contribution in [0.25, 0.3) is 0 Å². The van der Waals surface area contributed by atoms with Crippen LogP contribution in [-0.4, -0.2) is 64.1 Å². The lowest BCUT2D eigenvalue weighted by Crippen LogP contribution is -2.34. The summed E-state index contributed by atoms with van der Waals surface area (Å²) in [7, 11) is 3.54. The van der Waals surface area contributed by atoms with E-state index < -0.39 is 0 Å². The summed E-state index contributed by atoms with van der Waals surface area (Å²) in [6.45, 7) is 12.1. The van der Waals surface area contributed by atoms with Crippen LogP contribution in [0.15, 0.2) is 0 Å². The van der Waals surface area contributed by atoms with Gasteiger partial charge in [0.25, 0.3) is 0 Å². The number of rotatable bonds is 8. The molecule has 1 aliphatic rings. The smallest absolute Gasteiger partial charge is 0.0971 e. The fourth-order valence-electron chi connectivity index (χ4n) is 2.54. The molecule has 1 fully saturated rings. The second-order valence-corrected chi connectivity index (χ2v) is 5.92. The van der Waals surface area contributed by atoms with E-state index >= 15 is 0 Å². The van der Waals surface area contributed by atoms with Gasteiger partial charge in [-0.15, -0.1) is 0 Å². The van der Waals surface area contributed by atoms with Gasteiger partial charge >= 0.3 is 0 Å². The maximum atomic E-state index is 5.46. The molecule has 0 radical (unpaired) electrons.